The summed E-state index contributed by atoms with van der Waals surface area (Å²) in [5, 5.41) is 0. The van der Waals surface area contributed by atoms with Crippen molar-refractivity contribution in [3.8, 4) is 0 Å². The van der Waals surface area contributed by atoms with Crippen LogP contribution in [0.2, 0.25) is 0 Å². The molecule has 0 saturated carbocycles. The topological polar surface area (TPSA) is 63.6 Å². The monoisotopic (exact) mass is 272 g/mol. The van der Waals surface area contributed by atoms with E-state index in [4.69, 9.17) is 9.29 Å². The van der Waals surface area contributed by atoms with E-state index in [9.17, 15) is 8.42 Å². The second kappa shape index (κ2) is 6.87. The van der Waals surface area contributed by atoms with Crippen molar-refractivity contribution in [1.82, 2.24) is 0 Å². The van der Waals surface area contributed by atoms with Crippen LogP contribution in [0.5, 0.6) is 0 Å². The summed E-state index contributed by atoms with van der Waals surface area (Å²) < 4.78 is 37.0. The summed E-state index contributed by atoms with van der Waals surface area (Å²) in [5.41, 5.74) is 1.57. The molecule has 0 heterocycles. The van der Waals surface area contributed by atoms with Gasteiger partial charge < -0.3 is 4.74 Å². The van der Waals surface area contributed by atoms with Crippen LogP contribution in [0.4, 0.5) is 0 Å². The molecule has 0 unspecified atom stereocenters. The van der Waals surface area contributed by atoms with Gasteiger partial charge in [0.1, 0.15) is 0 Å². The minimum atomic E-state index is -4.15. The molecule has 0 aliphatic carbocycles. The van der Waals surface area contributed by atoms with E-state index in [-0.39, 0.29) is 4.90 Å². The lowest BCUT2D eigenvalue weighted by atomic mass is 10.1. The molecular formula is C13H20O4S. The average Bonchev–Trinajstić information content (AvgIpc) is 2.27. The maximum Gasteiger partial charge on any atom is 0.294 e. The van der Waals surface area contributed by atoms with Crippen molar-refractivity contribution in [2.24, 2.45) is 0 Å². The van der Waals surface area contributed by atoms with Gasteiger partial charge in [-0.3, -0.25) is 4.55 Å². The second-order valence-corrected chi connectivity index (χ2v) is 5.69. The number of hydrogen-bond donors (Lipinski definition) is 1. The molecule has 0 radical (unpaired) electrons. The van der Waals surface area contributed by atoms with E-state index in [1.165, 1.54) is 6.07 Å². The van der Waals surface area contributed by atoms with Crippen LogP contribution in [0.25, 0.3) is 0 Å². The van der Waals surface area contributed by atoms with Gasteiger partial charge in [-0.15, -0.1) is 0 Å². The third-order valence-corrected chi connectivity index (χ3v) is 3.61. The predicted molar refractivity (Wildman–Crippen MR) is 70.4 cm³/mol. The Balaban J connectivity index is 2.72. The van der Waals surface area contributed by atoms with E-state index in [1.807, 2.05) is 6.92 Å². The molecule has 4 nitrogen and oxygen atoms in total. The van der Waals surface area contributed by atoms with Crippen LogP contribution in [-0.4, -0.2) is 26.2 Å². The van der Waals surface area contributed by atoms with Crippen LogP contribution in [0.1, 0.15) is 30.9 Å². The van der Waals surface area contributed by atoms with Crippen LogP contribution in [0, 0.1) is 6.92 Å². The van der Waals surface area contributed by atoms with Crippen molar-refractivity contribution < 1.29 is 17.7 Å². The summed E-state index contributed by atoms with van der Waals surface area (Å²) in [6.45, 7) is 5.12. The lowest BCUT2D eigenvalue weighted by Gasteiger charge is -2.09. The van der Waals surface area contributed by atoms with E-state index in [2.05, 4.69) is 6.92 Å². The van der Waals surface area contributed by atoms with Crippen molar-refractivity contribution in [2.75, 3.05) is 13.2 Å². The van der Waals surface area contributed by atoms with Gasteiger partial charge in [0.2, 0.25) is 0 Å². The van der Waals surface area contributed by atoms with Crippen molar-refractivity contribution in [1.29, 1.82) is 0 Å². The fraction of sp³-hybridized carbons (Fsp3) is 0.538. The van der Waals surface area contributed by atoms with Crippen molar-refractivity contribution in [3.05, 3.63) is 29.3 Å². The first-order valence-electron chi connectivity index (χ1n) is 6.10. The van der Waals surface area contributed by atoms with Gasteiger partial charge in [-0.2, -0.15) is 8.42 Å². The van der Waals surface area contributed by atoms with Crippen LogP contribution in [0.15, 0.2) is 23.1 Å². The van der Waals surface area contributed by atoms with Gasteiger partial charge in [0, 0.05) is 6.61 Å². The van der Waals surface area contributed by atoms with E-state index in [0.717, 1.165) is 18.4 Å². The number of rotatable bonds is 7. The van der Waals surface area contributed by atoms with Crippen LogP contribution < -0.4 is 0 Å². The Hall–Kier alpha value is -0.910. The normalized spacial score (nSPS) is 11.7. The van der Waals surface area contributed by atoms with Crippen LogP contribution in [-0.2, 0) is 21.3 Å². The minimum absolute atomic E-state index is 0.0211. The highest BCUT2D eigenvalue weighted by molar-refractivity contribution is 7.85. The van der Waals surface area contributed by atoms with E-state index < -0.39 is 10.1 Å². The molecular weight excluding hydrogens is 252 g/mol. The maximum atomic E-state index is 11.2. The van der Waals surface area contributed by atoms with E-state index in [1.54, 1.807) is 12.1 Å². The molecule has 1 aromatic rings. The SMILES string of the molecule is CCCCOCCc1cc(C)ccc1S(=O)(=O)O. The molecule has 1 rings (SSSR count). The Morgan fingerprint density at radius 3 is 2.61 bits per heavy atom. The molecule has 18 heavy (non-hydrogen) atoms. The Kier molecular flexibility index (Phi) is 5.78. The van der Waals surface area contributed by atoms with E-state index in [0.29, 0.717) is 25.2 Å². The molecule has 0 bridgehead atoms. The van der Waals surface area contributed by atoms with Crippen molar-refractivity contribution >= 4 is 10.1 Å². The third-order valence-electron chi connectivity index (χ3n) is 2.65. The lowest BCUT2D eigenvalue weighted by Crippen LogP contribution is -2.07. The maximum absolute atomic E-state index is 11.2. The molecule has 5 heteroatoms. The number of unbranched alkanes of at least 4 members (excludes halogenated alkanes) is 1. The van der Waals surface area contributed by atoms with Gasteiger partial charge in [0.25, 0.3) is 10.1 Å². The molecule has 1 N–H and O–H groups in total. The van der Waals surface area contributed by atoms with Gasteiger partial charge in [0.15, 0.2) is 0 Å². The molecule has 0 atom stereocenters. The number of hydrogen-bond acceptors (Lipinski definition) is 3. The number of benzene rings is 1. The molecule has 0 aromatic heterocycles. The summed E-state index contributed by atoms with van der Waals surface area (Å²) in [7, 11) is -4.15. The molecule has 0 amide bonds. The lowest BCUT2D eigenvalue weighted by molar-refractivity contribution is 0.134. The highest BCUT2D eigenvalue weighted by atomic mass is 32.2. The molecule has 0 spiro atoms. The van der Waals surface area contributed by atoms with Crippen LogP contribution in [0.3, 0.4) is 0 Å². The second-order valence-electron chi connectivity index (χ2n) is 4.30. The quantitative estimate of drug-likeness (QED) is 0.612. The summed E-state index contributed by atoms with van der Waals surface area (Å²) in [6.07, 6.45) is 2.56. The van der Waals surface area contributed by atoms with Gasteiger partial charge in [-0.1, -0.05) is 31.0 Å². The highest BCUT2D eigenvalue weighted by Crippen LogP contribution is 2.18. The summed E-state index contributed by atoms with van der Waals surface area (Å²) in [4.78, 5) is -0.0211. The first-order chi connectivity index (χ1) is 8.45. The zero-order valence-electron chi connectivity index (χ0n) is 10.8. The predicted octanol–water partition coefficient (Wildman–Crippen LogP) is 2.60. The standard InChI is InChI=1S/C13H20O4S/c1-3-4-8-17-9-7-12-10-11(2)5-6-13(12)18(14,15)16/h5-6,10H,3-4,7-9H2,1-2H3,(H,14,15,16). The van der Waals surface area contributed by atoms with E-state index >= 15 is 0 Å². The zero-order chi connectivity index (χ0) is 13.6. The van der Waals surface area contributed by atoms with Gasteiger partial charge in [0.05, 0.1) is 11.5 Å². The van der Waals surface area contributed by atoms with Gasteiger partial charge in [-0.25, -0.2) is 0 Å². The van der Waals surface area contributed by atoms with Crippen LogP contribution >= 0.6 is 0 Å². The summed E-state index contributed by atoms with van der Waals surface area (Å²) in [5.74, 6) is 0. The fourth-order valence-corrected chi connectivity index (χ4v) is 2.42. The summed E-state index contributed by atoms with van der Waals surface area (Å²) in [6, 6.07) is 4.88. The molecule has 102 valence electrons. The molecule has 0 fully saturated rings. The Labute approximate surface area is 109 Å². The van der Waals surface area contributed by atoms with Gasteiger partial charge in [-0.05, 0) is 31.4 Å². The van der Waals surface area contributed by atoms with Crippen molar-refractivity contribution in [2.45, 2.75) is 38.0 Å². The zero-order valence-corrected chi connectivity index (χ0v) is 11.7. The summed E-state index contributed by atoms with van der Waals surface area (Å²) >= 11 is 0. The fourth-order valence-electron chi connectivity index (χ4n) is 1.69. The molecule has 0 saturated heterocycles. The van der Waals surface area contributed by atoms with Gasteiger partial charge >= 0.3 is 0 Å². The number of ether oxygens (including phenoxy) is 1. The molecule has 0 aliphatic rings. The highest BCUT2D eigenvalue weighted by Gasteiger charge is 2.14. The molecule has 1 aromatic carbocycles. The number of aryl methyl sites for hydroxylation is 1. The first kappa shape index (κ1) is 15.1. The Bertz CT molecular complexity index is 480. The first-order valence-corrected chi connectivity index (χ1v) is 7.54. The smallest absolute Gasteiger partial charge is 0.294 e. The average molecular weight is 272 g/mol. The largest absolute Gasteiger partial charge is 0.381 e. The molecule has 0 aliphatic heterocycles. The Morgan fingerprint density at radius 2 is 2.00 bits per heavy atom. The Morgan fingerprint density at radius 1 is 1.28 bits per heavy atom. The van der Waals surface area contributed by atoms with Crippen molar-refractivity contribution in [3.63, 3.8) is 0 Å². The minimum Gasteiger partial charge on any atom is -0.381 e. The third kappa shape index (κ3) is 4.76.